The fourth-order valence-electron chi connectivity index (χ4n) is 3.03. The van der Waals surface area contributed by atoms with E-state index in [4.69, 9.17) is 28.9 Å². The van der Waals surface area contributed by atoms with E-state index in [-0.39, 0.29) is 0 Å². The largest absolute Gasteiger partial charge is 0.330 e. The first-order valence-corrected chi connectivity index (χ1v) is 10.8. The molecule has 140 valence electrons. The number of thioether (sulfide) groups is 1. The Kier molecular flexibility index (Phi) is 7.26. The number of hydrogen-bond donors (Lipinski definition) is 1. The molecule has 0 aromatic heterocycles. The lowest BCUT2D eigenvalue weighted by molar-refractivity contribution is 0.580. The highest BCUT2D eigenvalue weighted by molar-refractivity contribution is 7.98. The minimum absolute atomic E-state index is 0.312. The minimum atomic E-state index is 0.312. The van der Waals surface area contributed by atoms with Gasteiger partial charge in [-0.05, 0) is 46.8 Å². The smallest absolute Gasteiger partial charge is 0.0461 e. The average molecular weight is 416 g/mol. The van der Waals surface area contributed by atoms with Crippen LogP contribution < -0.4 is 5.73 Å². The highest BCUT2D eigenvalue weighted by atomic mass is 35.5. The molecule has 3 aromatic carbocycles. The van der Waals surface area contributed by atoms with E-state index < -0.39 is 0 Å². The molecule has 0 aliphatic heterocycles. The highest BCUT2D eigenvalue weighted by Gasteiger charge is 2.19. The minimum Gasteiger partial charge on any atom is -0.330 e. The monoisotopic (exact) mass is 415 g/mol. The third kappa shape index (κ3) is 5.30. The predicted octanol–water partition coefficient (Wildman–Crippen LogP) is 7.23. The van der Waals surface area contributed by atoms with Gasteiger partial charge >= 0.3 is 0 Å². The van der Waals surface area contributed by atoms with Gasteiger partial charge in [0.15, 0.2) is 0 Å². The molecule has 0 spiro atoms. The van der Waals surface area contributed by atoms with E-state index in [9.17, 15) is 0 Å². The van der Waals surface area contributed by atoms with Crippen LogP contribution in [0.25, 0.3) is 11.1 Å². The summed E-state index contributed by atoms with van der Waals surface area (Å²) in [6, 6.07) is 24.9. The summed E-state index contributed by atoms with van der Waals surface area (Å²) >= 11 is 14.2. The predicted molar refractivity (Wildman–Crippen MR) is 121 cm³/mol. The Bertz CT molecular complexity index is 865. The van der Waals surface area contributed by atoms with Crippen LogP contribution in [0.5, 0.6) is 0 Å². The summed E-state index contributed by atoms with van der Waals surface area (Å²) in [7, 11) is 0. The Labute approximate surface area is 175 Å². The first-order valence-electron chi connectivity index (χ1n) is 8.99. The van der Waals surface area contributed by atoms with Crippen LogP contribution in [0.15, 0.2) is 72.8 Å². The van der Waals surface area contributed by atoms with E-state index in [1.54, 1.807) is 6.07 Å². The van der Waals surface area contributed by atoms with Crippen molar-refractivity contribution in [2.45, 2.75) is 17.9 Å². The molecule has 27 heavy (non-hydrogen) atoms. The van der Waals surface area contributed by atoms with E-state index in [1.165, 1.54) is 16.7 Å². The van der Waals surface area contributed by atoms with Crippen LogP contribution in [0.1, 0.15) is 23.3 Å². The van der Waals surface area contributed by atoms with Crippen LogP contribution in [0.3, 0.4) is 0 Å². The fourth-order valence-corrected chi connectivity index (χ4v) is 4.98. The molecule has 2 unspecified atom stereocenters. The maximum absolute atomic E-state index is 6.34. The van der Waals surface area contributed by atoms with Gasteiger partial charge in [0.05, 0.1) is 0 Å². The van der Waals surface area contributed by atoms with Gasteiger partial charge in [-0.25, -0.2) is 0 Å². The fraction of sp³-hybridized carbons (Fsp3) is 0.217. The summed E-state index contributed by atoms with van der Waals surface area (Å²) in [5.74, 6) is 1.19. The maximum Gasteiger partial charge on any atom is 0.0461 e. The van der Waals surface area contributed by atoms with Crippen molar-refractivity contribution in [3.8, 4) is 11.1 Å². The summed E-state index contributed by atoms with van der Waals surface area (Å²) in [5.41, 5.74) is 10.8. The number of nitrogens with two attached hydrogens (primary N) is 1. The number of hydrogen-bond acceptors (Lipinski definition) is 2. The van der Waals surface area contributed by atoms with E-state index >= 15 is 0 Å². The summed E-state index contributed by atoms with van der Waals surface area (Å²) in [4.78, 5) is 0. The van der Waals surface area contributed by atoms with Crippen molar-refractivity contribution in [1.29, 1.82) is 0 Å². The molecule has 0 heterocycles. The molecule has 0 saturated heterocycles. The van der Waals surface area contributed by atoms with Crippen molar-refractivity contribution in [2.75, 3.05) is 6.54 Å². The van der Waals surface area contributed by atoms with Gasteiger partial charge < -0.3 is 5.73 Å². The number of benzene rings is 3. The van der Waals surface area contributed by atoms with Crippen molar-refractivity contribution in [1.82, 2.24) is 0 Å². The van der Waals surface area contributed by atoms with Gasteiger partial charge in [-0.3, -0.25) is 0 Å². The van der Waals surface area contributed by atoms with Crippen molar-refractivity contribution in [3.05, 3.63) is 94.0 Å². The van der Waals surface area contributed by atoms with Crippen LogP contribution in [0.2, 0.25) is 10.0 Å². The van der Waals surface area contributed by atoms with Gasteiger partial charge in [0.25, 0.3) is 0 Å². The molecule has 0 fully saturated rings. The van der Waals surface area contributed by atoms with Gasteiger partial charge in [-0.2, -0.15) is 0 Å². The summed E-state index contributed by atoms with van der Waals surface area (Å²) < 4.78 is 0. The Hall–Kier alpha value is -1.45. The molecule has 0 aliphatic rings. The van der Waals surface area contributed by atoms with Crippen molar-refractivity contribution in [3.63, 3.8) is 0 Å². The van der Waals surface area contributed by atoms with Gasteiger partial charge in [-0.1, -0.05) is 90.8 Å². The van der Waals surface area contributed by atoms with Crippen LogP contribution in [0.4, 0.5) is 0 Å². The molecule has 2 N–H and O–H groups in total. The summed E-state index contributed by atoms with van der Waals surface area (Å²) in [6.45, 7) is 2.85. The third-order valence-corrected chi connectivity index (χ3v) is 6.83. The van der Waals surface area contributed by atoms with Crippen molar-refractivity contribution < 1.29 is 0 Å². The molecule has 0 radical (unpaired) electrons. The normalized spacial score (nSPS) is 13.3. The standard InChI is InChI=1S/C23H23Cl2NS/c1-16(14-26)23(27-15-20-11-12-21(24)13-22(20)25)19-9-7-18(8-10-19)17-5-3-2-4-6-17/h2-13,16,23H,14-15,26H2,1H3. The molecule has 0 bridgehead atoms. The second-order valence-electron chi connectivity index (χ2n) is 6.67. The first kappa shape index (κ1) is 20.3. The van der Waals surface area contributed by atoms with Crippen LogP contribution in [-0.2, 0) is 5.75 Å². The second kappa shape index (κ2) is 9.66. The van der Waals surface area contributed by atoms with E-state index in [0.29, 0.717) is 27.8 Å². The van der Waals surface area contributed by atoms with E-state index in [0.717, 1.165) is 11.3 Å². The van der Waals surface area contributed by atoms with Gasteiger partial charge in [0, 0.05) is 21.0 Å². The second-order valence-corrected chi connectivity index (χ2v) is 8.64. The van der Waals surface area contributed by atoms with Gasteiger partial charge in [0.2, 0.25) is 0 Å². The Balaban J connectivity index is 1.78. The first-order chi connectivity index (χ1) is 13.1. The number of halogens is 2. The lowest BCUT2D eigenvalue weighted by Crippen LogP contribution is -2.17. The van der Waals surface area contributed by atoms with Crippen LogP contribution in [0, 0.1) is 5.92 Å². The maximum atomic E-state index is 6.34. The molecule has 3 aromatic rings. The van der Waals surface area contributed by atoms with E-state index in [2.05, 4.69) is 55.5 Å². The zero-order valence-corrected chi connectivity index (χ0v) is 17.6. The lowest BCUT2D eigenvalue weighted by Gasteiger charge is -2.23. The lowest BCUT2D eigenvalue weighted by atomic mass is 9.97. The van der Waals surface area contributed by atoms with Gasteiger partial charge in [-0.15, -0.1) is 11.8 Å². The van der Waals surface area contributed by atoms with Gasteiger partial charge in [0.1, 0.15) is 0 Å². The highest BCUT2D eigenvalue weighted by Crippen LogP contribution is 2.39. The van der Waals surface area contributed by atoms with Crippen LogP contribution in [-0.4, -0.2) is 6.54 Å². The summed E-state index contributed by atoms with van der Waals surface area (Å²) in [6.07, 6.45) is 0. The summed E-state index contributed by atoms with van der Waals surface area (Å²) in [5, 5.41) is 1.69. The molecular formula is C23H23Cl2NS. The van der Waals surface area contributed by atoms with Crippen molar-refractivity contribution >= 4 is 35.0 Å². The molecule has 0 amide bonds. The van der Waals surface area contributed by atoms with Crippen molar-refractivity contribution in [2.24, 2.45) is 11.7 Å². The average Bonchev–Trinajstić information content (AvgIpc) is 2.70. The molecular weight excluding hydrogens is 393 g/mol. The zero-order chi connectivity index (χ0) is 19.2. The zero-order valence-electron chi connectivity index (χ0n) is 15.2. The molecule has 4 heteroatoms. The Morgan fingerprint density at radius 2 is 1.56 bits per heavy atom. The Morgan fingerprint density at radius 3 is 2.19 bits per heavy atom. The quantitative estimate of drug-likeness (QED) is 0.440. The van der Waals surface area contributed by atoms with Crippen LogP contribution >= 0.6 is 35.0 Å². The molecule has 2 atom stereocenters. The molecule has 0 saturated carbocycles. The molecule has 3 rings (SSSR count). The topological polar surface area (TPSA) is 26.0 Å². The molecule has 1 nitrogen and oxygen atoms in total. The molecule has 0 aliphatic carbocycles. The number of rotatable bonds is 7. The van der Waals surface area contributed by atoms with E-state index in [1.807, 2.05) is 30.0 Å². The third-order valence-electron chi connectivity index (χ3n) is 4.67. The SMILES string of the molecule is CC(CN)C(SCc1ccc(Cl)cc1Cl)c1ccc(-c2ccccc2)cc1. The Morgan fingerprint density at radius 1 is 0.889 bits per heavy atom.